The highest BCUT2D eigenvalue weighted by atomic mass is 32.1. The second kappa shape index (κ2) is 4.53. The maximum absolute atomic E-state index is 12.7. The van der Waals surface area contributed by atoms with E-state index in [1.54, 1.807) is 19.1 Å². The van der Waals surface area contributed by atoms with Gasteiger partial charge in [-0.05, 0) is 31.2 Å². The molecule has 0 saturated carbocycles. The van der Waals surface area contributed by atoms with Gasteiger partial charge in [-0.15, -0.1) is 11.3 Å². The van der Waals surface area contributed by atoms with E-state index in [1.807, 2.05) is 5.38 Å². The molecule has 2 rings (SSSR count). The van der Waals surface area contributed by atoms with Gasteiger partial charge in [-0.3, -0.25) is 4.79 Å². The summed E-state index contributed by atoms with van der Waals surface area (Å²) in [5.41, 5.74) is 1.66. The Labute approximate surface area is 96.8 Å². The first-order valence-corrected chi connectivity index (χ1v) is 5.73. The van der Waals surface area contributed by atoms with Crippen LogP contribution in [0.15, 0.2) is 29.6 Å². The molecule has 0 aliphatic rings. The summed E-state index contributed by atoms with van der Waals surface area (Å²) in [7, 11) is 0. The van der Waals surface area contributed by atoms with Crippen LogP contribution in [-0.2, 0) is 11.2 Å². The molecular formula is C12H10FNOS. The van der Waals surface area contributed by atoms with Crippen molar-refractivity contribution < 1.29 is 9.18 Å². The van der Waals surface area contributed by atoms with E-state index in [0.717, 1.165) is 16.3 Å². The van der Waals surface area contributed by atoms with Crippen LogP contribution in [0.3, 0.4) is 0 Å². The Morgan fingerprint density at radius 2 is 2.06 bits per heavy atom. The quantitative estimate of drug-likeness (QED) is 0.818. The normalized spacial score (nSPS) is 10.4. The number of thiazole rings is 1. The first-order chi connectivity index (χ1) is 7.65. The van der Waals surface area contributed by atoms with E-state index in [2.05, 4.69) is 4.98 Å². The molecule has 0 amide bonds. The van der Waals surface area contributed by atoms with E-state index >= 15 is 0 Å². The van der Waals surface area contributed by atoms with Crippen LogP contribution in [0.2, 0.25) is 0 Å². The smallest absolute Gasteiger partial charge is 0.136 e. The Morgan fingerprint density at radius 1 is 1.38 bits per heavy atom. The largest absolute Gasteiger partial charge is 0.300 e. The van der Waals surface area contributed by atoms with Gasteiger partial charge in [0.25, 0.3) is 0 Å². The molecule has 1 aromatic heterocycles. The Kier molecular flexibility index (Phi) is 3.10. The Balaban J connectivity index is 2.24. The lowest BCUT2D eigenvalue weighted by atomic mass is 10.2. The van der Waals surface area contributed by atoms with Gasteiger partial charge in [-0.1, -0.05) is 0 Å². The minimum atomic E-state index is -0.261. The lowest BCUT2D eigenvalue weighted by Gasteiger charge is -1.95. The number of hydrogen-bond acceptors (Lipinski definition) is 3. The topological polar surface area (TPSA) is 30.0 Å². The van der Waals surface area contributed by atoms with Crippen molar-refractivity contribution in [2.75, 3.05) is 0 Å². The van der Waals surface area contributed by atoms with Crippen LogP contribution in [0.1, 0.15) is 11.9 Å². The number of carbonyl (C=O) groups excluding carboxylic acids is 1. The highest BCUT2D eigenvalue weighted by Crippen LogP contribution is 2.22. The number of nitrogens with zero attached hydrogens (tertiary/aromatic N) is 1. The van der Waals surface area contributed by atoms with Crippen LogP contribution in [0.25, 0.3) is 11.3 Å². The van der Waals surface area contributed by atoms with Crippen molar-refractivity contribution in [2.24, 2.45) is 0 Å². The van der Waals surface area contributed by atoms with Crippen molar-refractivity contribution in [2.45, 2.75) is 13.3 Å². The molecule has 16 heavy (non-hydrogen) atoms. The maximum atomic E-state index is 12.7. The maximum Gasteiger partial charge on any atom is 0.136 e. The van der Waals surface area contributed by atoms with E-state index in [4.69, 9.17) is 0 Å². The number of carbonyl (C=O) groups is 1. The number of aromatic nitrogens is 1. The summed E-state index contributed by atoms with van der Waals surface area (Å²) < 4.78 is 12.7. The first kappa shape index (κ1) is 11.0. The van der Waals surface area contributed by atoms with Gasteiger partial charge in [-0.2, -0.15) is 0 Å². The van der Waals surface area contributed by atoms with Crippen molar-refractivity contribution in [1.82, 2.24) is 4.98 Å². The zero-order valence-corrected chi connectivity index (χ0v) is 9.55. The van der Waals surface area contributed by atoms with Gasteiger partial charge in [0.1, 0.15) is 16.6 Å². The summed E-state index contributed by atoms with van der Waals surface area (Å²) in [5.74, 6) is -0.164. The molecule has 0 aliphatic heterocycles. The molecule has 0 N–H and O–H groups in total. The summed E-state index contributed by atoms with van der Waals surface area (Å²) in [6, 6.07) is 6.17. The van der Waals surface area contributed by atoms with Crippen LogP contribution in [0.4, 0.5) is 4.39 Å². The van der Waals surface area contributed by atoms with Gasteiger partial charge in [0.2, 0.25) is 0 Å². The summed E-state index contributed by atoms with van der Waals surface area (Å²) in [4.78, 5) is 15.2. The van der Waals surface area contributed by atoms with Crippen molar-refractivity contribution in [3.05, 3.63) is 40.5 Å². The highest BCUT2D eigenvalue weighted by molar-refractivity contribution is 7.10. The average molecular weight is 235 g/mol. The SMILES string of the molecule is CC(=O)Cc1nc(-c2ccc(F)cc2)cs1. The molecule has 82 valence electrons. The number of Topliss-reactive ketones (excluding diaryl/α,β-unsaturated/α-hetero) is 1. The number of benzene rings is 1. The number of halogens is 1. The van der Waals surface area contributed by atoms with E-state index in [-0.39, 0.29) is 11.6 Å². The number of rotatable bonds is 3. The van der Waals surface area contributed by atoms with Crippen molar-refractivity contribution >= 4 is 17.1 Å². The molecule has 0 radical (unpaired) electrons. The van der Waals surface area contributed by atoms with E-state index in [0.29, 0.717) is 6.42 Å². The van der Waals surface area contributed by atoms with Crippen LogP contribution < -0.4 is 0 Å². The third kappa shape index (κ3) is 2.52. The van der Waals surface area contributed by atoms with E-state index in [1.165, 1.54) is 23.5 Å². The third-order valence-corrected chi connectivity index (χ3v) is 2.94. The average Bonchev–Trinajstić information content (AvgIpc) is 2.66. The monoisotopic (exact) mass is 235 g/mol. The van der Waals surface area contributed by atoms with Crippen molar-refractivity contribution in [3.8, 4) is 11.3 Å². The van der Waals surface area contributed by atoms with Crippen LogP contribution in [-0.4, -0.2) is 10.8 Å². The first-order valence-electron chi connectivity index (χ1n) is 4.85. The molecule has 0 bridgehead atoms. The molecule has 0 spiro atoms. The minimum Gasteiger partial charge on any atom is -0.300 e. The van der Waals surface area contributed by atoms with Crippen molar-refractivity contribution in [1.29, 1.82) is 0 Å². The van der Waals surface area contributed by atoms with E-state index in [9.17, 15) is 9.18 Å². The molecule has 0 fully saturated rings. The lowest BCUT2D eigenvalue weighted by molar-refractivity contribution is -0.116. The Hall–Kier alpha value is -1.55. The van der Waals surface area contributed by atoms with Crippen molar-refractivity contribution in [3.63, 3.8) is 0 Å². The summed E-state index contributed by atoms with van der Waals surface area (Å²) in [5, 5.41) is 2.68. The summed E-state index contributed by atoms with van der Waals surface area (Å²) in [6.45, 7) is 1.54. The van der Waals surface area contributed by atoms with Crippen LogP contribution in [0, 0.1) is 5.82 Å². The lowest BCUT2D eigenvalue weighted by Crippen LogP contribution is -1.95. The fourth-order valence-electron chi connectivity index (χ4n) is 1.36. The molecule has 0 unspecified atom stereocenters. The van der Waals surface area contributed by atoms with Gasteiger partial charge >= 0.3 is 0 Å². The van der Waals surface area contributed by atoms with Crippen LogP contribution >= 0.6 is 11.3 Å². The third-order valence-electron chi connectivity index (χ3n) is 2.09. The minimum absolute atomic E-state index is 0.0972. The standard InChI is InChI=1S/C12H10FNOS/c1-8(15)6-12-14-11(7-16-12)9-2-4-10(13)5-3-9/h2-5,7H,6H2,1H3. The molecule has 0 aliphatic carbocycles. The fraction of sp³-hybridized carbons (Fsp3) is 0.167. The zero-order chi connectivity index (χ0) is 11.5. The predicted molar refractivity (Wildman–Crippen MR) is 61.9 cm³/mol. The number of hydrogen-bond donors (Lipinski definition) is 0. The fourth-order valence-corrected chi connectivity index (χ4v) is 2.23. The van der Waals surface area contributed by atoms with Gasteiger partial charge in [0, 0.05) is 10.9 Å². The van der Waals surface area contributed by atoms with Gasteiger partial charge in [0.15, 0.2) is 0 Å². The molecule has 0 saturated heterocycles. The second-order valence-corrected chi connectivity index (χ2v) is 4.45. The molecule has 4 heteroatoms. The van der Waals surface area contributed by atoms with E-state index < -0.39 is 0 Å². The highest BCUT2D eigenvalue weighted by Gasteiger charge is 2.06. The molecule has 1 aromatic carbocycles. The zero-order valence-electron chi connectivity index (χ0n) is 8.74. The predicted octanol–water partition coefficient (Wildman–Crippen LogP) is 3.08. The van der Waals surface area contributed by atoms with Gasteiger partial charge in [0.05, 0.1) is 12.1 Å². The Bertz CT molecular complexity index is 504. The van der Waals surface area contributed by atoms with Crippen LogP contribution in [0.5, 0.6) is 0 Å². The molecule has 0 atom stereocenters. The Morgan fingerprint density at radius 3 is 2.69 bits per heavy atom. The molecule has 2 aromatic rings. The molecule has 1 heterocycles. The second-order valence-electron chi connectivity index (χ2n) is 3.51. The number of ketones is 1. The van der Waals surface area contributed by atoms with Gasteiger partial charge in [-0.25, -0.2) is 9.37 Å². The summed E-state index contributed by atoms with van der Waals surface area (Å²) >= 11 is 1.45. The van der Waals surface area contributed by atoms with Gasteiger partial charge < -0.3 is 0 Å². The molecule has 2 nitrogen and oxygen atoms in total. The summed E-state index contributed by atoms with van der Waals surface area (Å²) in [6.07, 6.45) is 0.367. The molecular weight excluding hydrogens is 225 g/mol.